The smallest absolute Gasteiger partial charge is 0.462 e. The minimum absolute atomic E-state index is 0.101. The molecule has 0 amide bonds. The fourth-order valence-corrected chi connectivity index (χ4v) is 11.7. The minimum atomic E-state index is -4.95. The SMILES string of the molecule is CCC(C)CCCCCCCCCCCCC(=O)O[C@H](COC(=O)CCCCCCCCCCCCCCC(C)C)COP(=O)(O)OC[C@@H](O)COP(=O)(O)OC[C@@H](COC(=O)CCCCCCCCC(C)C)OC(=O)CCCCCCCCC(C)C. The van der Waals surface area contributed by atoms with E-state index in [4.69, 9.17) is 37.0 Å². The quantitative estimate of drug-likeness (QED) is 0.0222. The summed E-state index contributed by atoms with van der Waals surface area (Å²) < 4.78 is 68.1. The van der Waals surface area contributed by atoms with E-state index in [0.717, 1.165) is 108 Å². The van der Waals surface area contributed by atoms with Gasteiger partial charge in [-0.25, -0.2) is 9.13 Å². The molecule has 0 spiro atoms. The zero-order valence-corrected chi connectivity index (χ0v) is 58.4. The molecule has 0 fully saturated rings. The monoisotopic (exact) mass is 1280 g/mol. The highest BCUT2D eigenvalue weighted by Gasteiger charge is 2.30. The van der Waals surface area contributed by atoms with Crippen molar-refractivity contribution >= 4 is 39.5 Å². The normalized spacial score (nSPS) is 14.6. The van der Waals surface area contributed by atoms with Crippen molar-refractivity contribution in [1.29, 1.82) is 0 Å². The van der Waals surface area contributed by atoms with Gasteiger partial charge in [0.15, 0.2) is 12.2 Å². The first kappa shape index (κ1) is 85.1. The summed E-state index contributed by atoms with van der Waals surface area (Å²) in [4.78, 5) is 72.4. The summed E-state index contributed by atoms with van der Waals surface area (Å²) >= 11 is 0. The van der Waals surface area contributed by atoms with Gasteiger partial charge >= 0.3 is 39.5 Å². The van der Waals surface area contributed by atoms with Gasteiger partial charge in [-0.05, 0) is 49.4 Å². The van der Waals surface area contributed by atoms with Gasteiger partial charge in [-0.2, -0.15) is 0 Å². The Morgan fingerprint density at radius 3 is 0.816 bits per heavy atom. The zero-order chi connectivity index (χ0) is 64.7. The second-order valence-corrected chi connectivity index (χ2v) is 29.1. The average Bonchev–Trinajstić information content (AvgIpc) is 3.68. The molecule has 87 heavy (non-hydrogen) atoms. The van der Waals surface area contributed by atoms with E-state index < -0.39 is 97.5 Å². The maximum Gasteiger partial charge on any atom is 0.472 e. The average molecular weight is 1280 g/mol. The highest BCUT2D eigenvalue weighted by atomic mass is 31.2. The van der Waals surface area contributed by atoms with Crippen LogP contribution in [0.1, 0.15) is 331 Å². The third-order valence-electron chi connectivity index (χ3n) is 15.9. The van der Waals surface area contributed by atoms with Crippen LogP contribution in [-0.4, -0.2) is 96.7 Å². The number of unbranched alkanes of at least 4 members (excludes halogenated alkanes) is 30. The van der Waals surface area contributed by atoms with E-state index in [9.17, 15) is 43.2 Å². The molecule has 0 aliphatic carbocycles. The lowest BCUT2D eigenvalue weighted by Crippen LogP contribution is -2.30. The number of rotatable bonds is 65. The second kappa shape index (κ2) is 57.9. The maximum absolute atomic E-state index is 13.0. The summed E-state index contributed by atoms with van der Waals surface area (Å²) in [6.45, 7) is 14.0. The van der Waals surface area contributed by atoms with Crippen LogP contribution >= 0.6 is 15.6 Å². The molecule has 6 atom stereocenters. The van der Waals surface area contributed by atoms with Crippen molar-refractivity contribution in [2.24, 2.45) is 23.7 Å². The lowest BCUT2D eigenvalue weighted by molar-refractivity contribution is -0.161. The van der Waals surface area contributed by atoms with Crippen molar-refractivity contribution in [3.8, 4) is 0 Å². The molecule has 0 radical (unpaired) electrons. The number of carbonyl (C=O) groups is 4. The van der Waals surface area contributed by atoms with Crippen LogP contribution < -0.4 is 0 Å². The zero-order valence-electron chi connectivity index (χ0n) is 56.6. The second-order valence-electron chi connectivity index (χ2n) is 26.2. The molecular weight excluding hydrogens is 1150 g/mol. The molecule has 0 bridgehead atoms. The van der Waals surface area contributed by atoms with E-state index in [0.29, 0.717) is 37.5 Å². The Balaban J connectivity index is 5.24. The fourth-order valence-electron chi connectivity index (χ4n) is 10.1. The fraction of sp³-hybridized carbons (Fsp3) is 0.941. The third kappa shape index (κ3) is 61.3. The Hall–Kier alpha value is -1.94. The lowest BCUT2D eigenvalue weighted by atomic mass is 9.99. The van der Waals surface area contributed by atoms with Crippen molar-refractivity contribution in [3.63, 3.8) is 0 Å². The van der Waals surface area contributed by atoms with Crippen LogP contribution in [0.5, 0.6) is 0 Å². The van der Waals surface area contributed by atoms with Crippen molar-refractivity contribution in [2.45, 2.75) is 350 Å². The predicted molar refractivity (Wildman–Crippen MR) is 349 cm³/mol. The first-order valence-corrected chi connectivity index (χ1v) is 38.2. The van der Waals surface area contributed by atoms with Crippen LogP contribution in [0.25, 0.3) is 0 Å². The van der Waals surface area contributed by atoms with Crippen LogP contribution in [-0.2, 0) is 65.4 Å². The van der Waals surface area contributed by atoms with Crippen molar-refractivity contribution < 1.29 is 80.2 Å². The van der Waals surface area contributed by atoms with Crippen LogP contribution in [0.4, 0.5) is 0 Å². The van der Waals surface area contributed by atoms with Crippen LogP contribution in [0.15, 0.2) is 0 Å². The van der Waals surface area contributed by atoms with Gasteiger partial charge in [0.25, 0.3) is 0 Å². The van der Waals surface area contributed by atoms with Crippen molar-refractivity contribution in [3.05, 3.63) is 0 Å². The molecule has 0 aromatic carbocycles. The Kier molecular flexibility index (Phi) is 56.6. The predicted octanol–water partition coefficient (Wildman–Crippen LogP) is 18.9. The molecule has 0 aliphatic heterocycles. The first-order valence-electron chi connectivity index (χ1n) is 35.2. The first-order chi connectivity index (χ1) is 41.6. The molecule has 3 N–H and O–H groups in total. The van der Waals surface area contributed by atoms with Gasteiger partial charge in [0, 0.05) is 25.7 Å². The van der Waals surface area contributed by atoms with Gasteiger partial charge in [0.2, 0.25) is 0 Å². The number of hydrogen-bond donors (Lipinski definition) is 3. The molecule has 3 unspecified atom stereocenters. The van der Waals surface area contributed by atoms with Crippen molar-refractivity contribution in [2.75, 3.05) is 39.6 Å². The van der Waals surface area contributed by atoms with E-state index in [1.807, 2.05) is 0 Å². The van der Waals surface area contributed by atoms with Crippen molar-refractivity contribution in [1.82, 2.24) is 0 Å². The summed E-state index contributed by atoms with van der Waals surface area (Å²) in [6, 6.07) is 0. The minimum Gasteiger partial charge on any atom is -0.462 e. The maximum atomic E-state index is 13.0. The Labute approximate surface area is 530 Å². The molecule has 0 aliphatic rings. The number of hydrogen-bond acceptors (Lipinski definition) is 15. The highest BCUT2D eigenvalue weighted by Crippen LogP contribution is 2.45. The largest absolute Gasteiger partial charge is 0.472 e. The van der Waals surface area contributed by atoms with E-state index >= 15 is 0 Å². The van der Waals surface area contributed by atoms with Crippen LogP contribution in [0.2, 0.25) is 0 Å². The highest BCUT2D eigenvalue weighted by molar-refractivity contribution is 7.47. The van der Waals surface area contributed by atoms with Crippen LogP contribution in [0.3, 0.4) is 0 Å². The van der Waals surface area contributed by atoms with E-state index in [1.165, 1.54) is 128 Å². The van der Waals surface area contributed by atoms with E-state index in [-0.39, 0.29) is 25.7 Å². The summed E-state index contributed by atoms with van der Waals surface area (Å²) in [5, 5.41) is 10.6. The van der Waals surface area contributed by atoms with Gasteiger partial charge < -0.3 is 33.8 Å². The Morgan fingerprint density at radius 2 is 0.552 bits per heavy atom. The molecule has 17 nitrogen and oxygen atoms in total. The number of esters is 4. The summed E-state index contributed by atoms with van der Waals surface area (Å²) in [6.07, 6.45) is 39.2. The number of aliphatic hydroxyl groups is 1. The van der Waals surface area contributed by atoms with E-state index in [1.54, 1.807) is 0 Å². The topological polar surface area (TPSA) is 237 Å². The summed E-state index contributed by atoms with van der Waals surface area (Å²) in [7, 11) is -9.90. The molecule has 516 valence electrons. The molecule has 0 saturated heterocycles. The third-order valence-corrected chi connectivity index (χ3v) is 17.8. The summed E-state index contributed by atoms with van der Waals surface area (Å²) in [5.74, 6) is 0.796. The van der Waals surface area contributed by atoms with Crippen LogP contribution in [0, 0.1) is 23.7 Å². The van der Waals surface area contributed by atoms with Gasteiger partial charge in [0.05, 0.1) is 26.4 Å². The lowest BCUT2D eigenvalue weighted by Gasteiger charge is -2.21. The molecular formula is C68H132O17P2. The molecule has 19 heteroatoms. The number of phosphoric acid groups is 2. The molecule has 0 aromatic heterocycles. The van der Waals surface area contributed by atoms with Gasteiger partial charge in [-0.1, -0.05) is 280 Å². The van der Waals surface area contributed by atoms with Gasteiger partial charge in [-0.3, -0.25) is 37.3 Å². The molecule has 0 aromatic rings. The number of carbonyl (C=O) groups excluding carboxylic acids is 4. The number of ether oxygens (including phenoxy) is 4. The molecule has 0 rings (SSSR count). The number of aliphatic hydroxyl groups excluding tert-OH is 1. The standard InChI is InChI=1S/C68H132O17P2/c1-9-61(8)47-39-31-21-17-14-15-19-23-34-42-50-67(72)84-63(54-78-65(70)48-40-32-22-18-13-11-10-12-16-20-28-36-44-58(2)3)56-82-86(74,75)80-52-62(69)53-81-87(76,77)83-57-64(85-68(73)51-43-35-27-25-30-38-46-60(6)7)55-79-66(71)49-41-33-26-24-29-37-45-59(4)5/h58-64,69H,9-57H2,1-8H3,(H,74,75)(H,76,77)/t61?,62-,63-,64-/m1/s1. The summed E-state index contributed by atoms with van der Waals surface area (Å²) in [5.41, 5.74) is 0. The van der Waals surface area contributed by atoms with E-state index in [2.05, 4.69) is 55.4 Å². The number of phosphoric ester groups is 2. The molecule has 0 heterocycles. The van der Waals surface area contributed by atoms with Gasteiger partial charge in [0.1, 0.15) is 19.3 Å². The van der Waals surface area contributed by atoms with Gasteiger partial charge in [-0.15, -0.1) is 0 Å². The Morgan fingerprint density at radius 1 is 0.322 bits per heavy atom. The molecule has 0 saturated carbocycles. The Bertz CT molecular complexity index is 1730.